The van der Waals surface area contributed by atoms with Gasteiger partial charge in [0.2, 0.25) is 0 Å². The van der Waals surface area contributed by atoms with Crippen LogP contribution in [-0.2, 0) is 10.2 Å². The van der Waals surface area contributed by atoms with Gasteiger partial charge in [-0.15, -0.1) is 0 Å². The summed E-state index contributed by atoms with van der Waals surface area (Å²) in [4.78, 5) is 11.1. The van der Waals surface area contributed by atoms with E-state index in [1.807, 2.05) is 41.2 Å². The molecule has 0 fully saturated rings. The third-order valence-corrected chi connectivity index (χ3v) is 3.52. The van der Waals surface area contributed by atoms with Crippen LogP contribution in [0.5, 0.6) is 0 Å². The molecule has 0 aliphatic carbocycles. The average Bonchev–Trinajstić information content (AvgIpc) is 2.88. The Morgan fingerprint density at radius 3 is 2.15 bits per heavy atom. The molecule has 0 aliphatic heterocycles. The van der Waals surface area contributed by atoms with Crippen molar-refractivity contribution in [1.82, 2.24) is 4.57 Å². The smallest absolute Gasteiger partial charge is 0.305 e. The fourth-order valence-electron chi connectivity index (χ4n) is 2.32. The van der Waals surface area contributed by atoms with Gasteiger partial charge in [0.1, 0.15) is 0 Å². The maximum absolute atomic E-state index is 11.1. The Balaban J connectivity index is 2.32. The van der Waals surface area contributed by atoms with Gasteiger partial charge in [-0.05, 0) is 28.7 Å². The molecule has 2 aromatic rings. The van der Waals surface area contributed by atoms with E-state index < -0.39 is 5.97 Å². The number of nitrogens with zero attached hydrogens (tertiary/aromatic N) is 1. The number of rotatable bonds is 4. The molecule has 0 saturated carbocycles. The zero-order chi connectivity index (χ0) is 14.8. The molecule has 0 saturated heterocycles. The zero-order valence-electron chi connectivity index (χ0n) is 12.2. The first-order chi connectivity index (χ1) is 9.38. The molecule has 0 amide bonds. The predicted octanol–water partition coefficient (Wildman–Crippen LogP) is 3.85. The molecule has 2 rings (SSSR count). The molecule has 1 aromatic heterocycles. The normalized spacial score (nSPS) is 13.2. The maximum atomic E-state index is 11.1. The first-order valence-electron chi connectivity index (χ1n) is 6.82. The van der Waals surface area contributed by atoms with Gasteiger partial charge in [-0.25, -0.2) is 0 Å². The molecule has 0 bridgehead atoms. The Bertz CT molecular complexity index is 562. The summed E-state index contributed by atoms with van der Waals surface area (Å²) < 4.78 is 1.94. The zero-order valence-corrected chi connectivity index (χ0v) is 12.2. The van der Waals surface area contributed by atoms with Gasteiger partial charge in [0, 0.05) is 12.4 Å². The van der Waals surface area contributed by atoms with E-state index in [-0.39, 0.29) is 17.9 Å². The summed E-state index contributed by atoms with van der Waals surface area (Å²) in [5, 5.41) is 9.11. The third-order valence-electron chi connectivity index (χ3n) is 3.52. The second kappa shape index (κ2) is 5.53. The Hall–Kier alpha value is -2.03. The lowest BCUT2D eigenvalue weighted by molar-refractivity contribution is -0.137. The van der Waals surface area contributed by atoms with E-state index in [4.69, 9.17) is 5.11 Å². The summed E-state index contributed by atoms with van der Waals surface area (Å²) in [6, 6.07) is 11.9. The van der Waals surface area contributed by atoms with Gasteiger partial charge in [-0.2, -0.15) is 0 Å². The van der Waals surface area contributed by atoms with E-state index in [1.165, 1.54) is 5.56 Å². The fourth-order valence-corrected chi connectivity index (χ4v) is 2.32. The van der Waals surface area contributed by atoms with Crippen LogP contribution in [0, 0.1) is 0 Å². The van der Waals surface area contributed by atoms with Gasteiger partial charge >= 0.3 is 5.97 Å². The molecular formula is C17H21NO2. The van der Waals surface area contributed by atoms with Crippen LogP contribution in [0.25, 0.3) is 0 Å². The van der Waals surface area contributed by atoms with Gasteiger partial charge in [0.05, 0.1) is 12.5 Å². The second-order valence-corrected chi connectivity index (χ2v) is 6.12. The van der Waals surface area contributed by atoms with Crippen LogP contribution < -0.4 is 0 Å². The van der Waals surface area contributed by atoms with Crippen LogP contribution in [0.2, 0.25) is 0 Å². The van der Waals surface area contributed by atoms with Gasteiger partial charge < -0.3 is 9.67 Å². The van der Waals surface area contributed by atoms with Crippen molar-refractivity contribution < 1.29 is 9.90 Å². The minimum atomic E-state index is -0.788. The molecule has 0 radical (unpaired) electrons. The summed E-state index contributed by atoms with van der Waals surface area (Å²) >= 11 is 0. The molecule has 1 unspecified atom stereocenters. The first kappa shape index (κ1) is 14.4. The third kappa shape index (κ3) is 3.29. The lowest BCUT2D eigenvalue weighted by Crippen LogP contribution is -2.15. The van der Waals surface area contributed by atoms with Gasteiger partial charge in [-0.1, -0.05) is 45.0 Å². The summed E-state index contributed by atoms with van der Waals surface area (Å²) in [6.45, 7) is 6.51. The fraction of sp³-hybridized carbons (Fsp3) is 0.353. The van der Waals surface area contributed by atoms with Crippen molar-refractivity contribution in [2.75, 3.05) is 0 Å². The summed E-state index contributed by atoms with van der Waals surface area (Å²) in [5.74, 6) is -0.788. The highest BCUT2D eigenvalue weighted by atomic mass is 16.4. The molecule has 20 heavy (non-hydrogen) atoms. The number of hydrogen-bond donors (Lipinski definition) is 1. The Morgan fingerprint density at radius 2 is 1.70 bits per heavy atom. The number of aliphatic carboxylic acids is 1. The highest BCUT2D eigenvalue weighted by Gasteiger charge is 2.18. The Labute approximate surface area is 119 Å². The number of carbonyl (C=O) groups is 1. The SMILES string of the molecule is CC(C)(C)c1ccc(C(CC(=O)O)n2cccc2)cc1. The first-order valence-corrected chi connectivity index (χ1v) is 6.82. The Kier molecular flexibility index (Phi) is 3.98. The monoisotopic (exact) mass is 271 g/mol. The molecule has 0 spiro atoms. The van der Waals surface area contributed by atoms with Crippen LogP contribution in [0.15, 0.2) is 48.8 Å². The number of carboxylic acid groups (broad SMARTS) is 1. The summed E-state index contributed by atoms with van der Waals surface area (Å²) in [6.07, 6.45) is 3.90. The number of benzene rings is 1. The van der Waals surface area contributed by atoms with Crippen molar-refractivity contribution in [3.63, 3.8) is 0 Å². The molecule has 1 heterocycles. The lowest BCUT2D eigenvalue weighted by atomic mass is 9.86. The molecular weight excluding hydrogens is 250 g/mol. The molecule has 0 aliphatic rings. The van der Waals surface area contributed by atoms with Gasteiger partial charge in [0.25, 0.3) is 0 Å². The van der Waals surface area contributed by atoms with Crippen molar-refractivity contribution in [3.8, 4) is 0 Å². The number of aromatic nitrogens is 1. The van der Waals surface area contributed by atoms with E-state index in [0.717, 1.165) is 5.56 Å². The highest BCUT2D eigenvalue weighted by Crippen LogP contribution is 2.27. The quantitative estimate of drug-likeness (QED) is 0.917. The summed E-state index contributed by atoms with van der Waals surface area (Å²) in [7, 11) is 0. The van der Waals surface area contributed by atoms with E-state index >= 15 is 0 Å². The second-order valence-electron chi connectivity index (χ2n) is 6.12. The van der Waals surface area contributed by atoms with Crippen molar-refractivity contribution in [2.24, 2.45) is 0 Å². The van der Waals surface area contributed by atoms with E-state index in [2.05, 4.69) is 32.9 Å². The molecule has 106 valence electrons. The van der Waals surface area contributed by atoms with Crippen LogP contribution >= 0.6 is 0 Å². The minimum absolute atomic E-state index is 0.0868. The molecule has 3 heteroatoms. The predicted molar refractivity (Wildman–Crippen MR) is 80.0 cm³/mol. The largest absolute Gasteiger partial charge is 0.481 e. The topological polar surface area (TPSA) is 42.2 Å². The summed E-state index contributed by atoms with van der Waals surface area (Å²) in [5.41, 5.74) is 2.38. The molecule has 1 N–H and O–H groups in total. The highest BCUT2D eigenvalue weighted by molar-refractivity contribution is 5.68. The number of carboxylic acids is 1. The number of hydrogen-bond acceptors (Lipinski definition) is 1. The van der Waals surface area contributed by atoms with E-state index in [0.29, 0.717) is 0 Å². The maximum Gasteiger partial charge on any atom is 0.305 e. The molecule has 1 atom stereocenters. The molecule has 3 nitrogen and oxygen atoms in total. The van der Waals surface area contributed by atoms with E-state index in [1.54, 1.807) is 0 Å². The molecule has 1 aromatic carbocycles. The van der Waals surface area contributed by atoms with Crippen LogP contribution in [0.4, 0.5) is 0 Å². The van der Waals surface area contributed by atoms with Crippen molar-refractivity contribution in [3.05, 3.63) is 59.9 Å². The average molecular weight is 271 g/mol. The van der Waals surface area contributed by atoms with E-state index in [9.17, 15) is 4.79 Å². The minimum Gasteiger partial charge on any atom is -0.481 e. The van der Waals surface area contributed by atoms with Crippen LogP contribution in [0.3, 0.4) is 0 Å². The van der Waals surface area contributed by atoms with Crippen molar-refractivity contribution >= 4 is 5.97 Å². The van der Waals surface area contributed by atoms with Gasteiger partial charge in [-0.3, -0.25) is 4.79 Å². The lowest BCUT2D eigenvalue weighted by Gasteiger charge is -2.22. The Morgan fingerprint density at radius 1 is 1.15 bits per heavy atom. The van der Waals surface area contributed by atoms with Crippen LogP contribution in [-0.4, -0.2) is 15.6 Å². The standard InChI is InChI=1S/C17H21NO2/c1-17(2,3)14-8-6-13(7-9-14)15(12-16(19)20)18-10-4-5-11-18/h4-11,15H,12H2,1-3H3,(H,19,20). The van der Waals surface area contributed by atoms with Crippen molar-refractivity contribution in [2.45, 2.75) is 38.6 Å². The van der Waals surface area contributed by atoms with Crippen molar-refractivity contribution in [1.29, 1.82) is 0 Å². The van der Waals surface area contributed by atoms with Gasteiger partial charge in [0.15, 0.2) is 0 Å². The van der Waals surface area contributed by atoms with Crippen LogP contribution in [0.1, 0.15) is 44.4 Å².